The summed E-state index contributed by atoms with van der Waals surface area (Å²) in [6, 6.07) is 6.79. The van der Waals surface area contributed by atoms with Gasteiger partial charge in [-0.05, 0) is 35.0 Å². The number of amides is 2. The standard InChI is InChI=1S/C13H13BrN6O/c1-9-10(14)3-4-11(16-9)17-13(21)18-12-5-8-20(19-12)7-2-6-15/h3-5,8H,2,7H2,1H3,(H2,16,17,18,19,21). The minimum absolute atomic E-state index is 0.370. The van der Waals surface area contributed by atoms with Crippen LogP contribution in [0.2, 0.25) is 0 Å². The third kappa shape index (κ3) is 4.29. The van der Waals surface area contributed by atoms with Crippen molar-refractivity contribution in [2.24, 2.45) is 0 Å². The third-order valence-corrected chi connectivity index (χ3v) is 3.44. The lowest BCUT2D eigenvalue weighted by Gasteiger charge is -2.06. The average molecular weight is 349 g/mol. The van der Waals surface area contributed by atoms with Gasteiger partial charge < -0.3 is 0 Å². The third-order valence-electron chi connectivity index (χ3n) is 2.60. The topological polar surface area (TPSA) is 95.6 Å². The second-order valence-corrected chi connectivity index (χ2v) is 5.07. The Balaban J connectivity index is 1.93. The van der Waals surface area contributed by atoms with Crippen LogP contribution in [-0.4, -0.2) is 20.8 Å². The SMILES string of the molecule is Cc1nc(NC(=O)Nc2ccn(CCC#N)n2)ccc1Br. The summed E-state index contributed by atoms with van der Waals surface area (Å²) < 4.78 is 2.48. The van der Waals surface area contributed by atoms with E-state index in [4.69, 9.17) is 5.26 Å². The number of anilines is 2. The maximum Gasteiger partial charge on any atom is 0.326 e. The smallest absolute Gasteiger partial charge is 0.292 e. The van der Waals surface area contributed by atoms with E-state index in [1.165, 1.54) is 0 Å². The van der Waals surface area contributed by atoms with Crippen LogP contribution >= 0.6 is 15.9 Å². The van der Waals surface area contributed by atoms with Gasteiger partial charge in [0.25, 0.3) is 0 Å². The van der Waals surface area contributed by atoms with Crippen molar-refractivity contribution in [3.05, 3.63) is 34.6 Å². The molecule has 0 saturated carbocycles. The second-order valence-electron chi connectivity index (χ2n) is 4.22. The summed E-state index contributed by atoms with van der Waals surface area (Å²) in [6.45, 7) is 2.33. The number of hydrogen-bond acceptors (Lipinski definition) is 4. The first-order chi connectivity index (χ1) is 10.1. The summed E-state index contributed by atoms with van der Waals surface area (Å²) in [5, 5.41) is 17.9. The van der Waals surface area contributed by atoms with Crippen molar-refractivity contribution in [2.45, 2.75) is 19.9 Å². The summed E-state index contributed by atoms with van der Waals surface area (Å²) >= 11 is 3.35. The molecule has 0 atom stereocenters. The highest BCUT2D eigenvalue weighted by molar-refractivity contribution is 9.10. The van der Waals surface area contributed by atoms with Crippen LogP contribution in [0.25, 0.3) is 0 Å². The van der Waals surface area contributed by atoms with E-state index in [2.05, 4.69) is 36.6 Å². The molecule has 0 fully saturated rings. The van der Waals surface area contributed by atoms with Crippen LogP contribution in [0.1, 0.15) is 12.1 Å². The molecule has 2 rings (SSSR count). The van der Waals surface area contributed by atoms with Crippen molar-refractivity contribution in [3.63, 3.8) is 0 Å². The predicted molar refractivity (Wildman–Crippen MR) is 81.8 cm³/mol. The van der Waals surface area contributed by atoms with Gasteiger partial charge in [-0.2, -0.15) is 10.4 Å². The minimum atomic E-state index is -0.422. The normalized spacial score (nSPS) is 9.95. The molecule has 0 aliphatic heterocycles. The molecule has 2 aromatic rings. The first-order valence-electron chi connectivity index (χ1n) is 6.20. The molecule has 0 aliphatic carbocycles. The van der Waals surface area contributed by atoms with Crippen LogP contribution in [0.4, 0.5) is 16.4 Å². The van der Waals surface area contributed by atoms with E-state index in [1.807, 2.05) is 19.1 Å². The molecule has 0 saturated heterocycles. The highest BCUT2D eigenvalue weighted by Crippen LogP contribution is 2.16. The van der Waals surface area contributed by atoms with Crippen LogP contribution in [-0.2, 0) is 6.54 Å². The Morgan fingerprint density at radius 1 is 1.38 bits per heavy atom. The van der Waals surface area contributed by atoms with Crippen molar-refractivity contribution in [1.29, 1.82) is 5.26 Å². The van der Waals surface area contributed by atoms with Gasteiger partial charge in [0.15, 0.2) is 5.82 Å². The Bertz CT molecular complexity index is 690. The molecule has 108 valence electrons. The number of aromatic nitrogens is 3. The van der Waals surface area contributed by atoms with E-state index in [0.29, 0.717) is 24.6 Å². The molecule has 2 N–H and O–H groups in total. The number of nitrogens with one attached hydrogen (secondary N) is 2. The van der Waals surface area contributed by atoms with Crippen LogP contribution in [0.5, 0.6) is 0 Å². The molecule has 2 amide bonds. The number of hydrogen-bond donors (Lipinski definition) is 2. The quantitative estimate of drug-likeness (QED) is 0.887. The lowest BCUT2D eigenvalue weighted by molar-refractivity contribution is 0.262. The van der Waals surface area contributed by atoms with Gasteiger partial charge in [0.1, 0.15) is 5.82 Å². The molecule has 8 heteroatoms. The Morgan fingerprint density at radius 2 is 2.14 bits per heavy atom. The first-order valence-corrected chi connectivity index (χ1v) is 6.99. The fourth-order valence-corrected chi connectivity index (χ4v) is 1.82. The number of aryl methyl sites for hydroxylation is 2. The fourth-order valence-electron chi connectivity index (χ4n) is 1.59. The van der Waals surface area contributed by atoms with Gasteiger partial charge in [-0.25, -0.2) is 9.78 Å². The molecule has 0 bridgehead atoms. The number of carbonyl (C=O) groups is 1. The van der Waals surface area contributed by atoms with Gasteiger partial charge in [0, 0.05) is 16.7 Å². The number of pyridine rings is 1. The molecule has 0 radical (unpaired) electrons. The Labute approximate surface area is 130 Å². The number of nitrogens with zero attached hydrogens (tertiary/aromatic N) is 4. The number of carbonyl (C=O) groups excluding carboxylic acids is 1. The number of halogens is 1. The zero-order valence-corrected chi connectivity index (χ0v) is 12.9. The van der Waals surface area contributed by atoms with E-state index >= 15 is 0 Å². The first kappa shape index (κ1) is 15.0. The zero-order chi connectivity index (χ0) is 15.2. The number of urea groups is 1. The van der Waals surface area contributed by atoms with Crippen LogP contribution in [0.3, 0.4) is 0 Å². The molecule has 7 nitrogen and oxygen atoms in total. The van der Waals surface area contributed by atoms with Gasteiger partial charge in [-0.1, -0.05) is 0 Å². The maximum atomic E-state index is 11.8. The van der Waals surface area contributed by atoms with Crippen molar-refractivity contribution < 1.29 is 4.79 Å². The molecule has 0 spiro atoms. The lowest BCUT2D eigenvalue weighted by Crippen LogP contribution is -2.20. The van der Waals surface area contributed by atoms with Gasteiger partial charge in [-0.3, -0.25) is 15.3 Å². The molecule has 2 aromatic heterocycles. The van der Waals surface area contributed by atoms with Crippen LogP contribution in [0, 0.1) is 18.3 Å². The van der Waals surface area contributed by atoms with E-state index < -0.39 is 6.03 Å². The Morgan fingerprint density at radius 3 is 2.86 bits per heavy atom. The van der Waals surface area contributed by atoms with Crippen molar-refractivity contribution in [2.75, 3.05) is 10.6 Å². The number of rotatable bonds is 4. The lowest BCUT2D eigenvalue weighted by atomic mass is 10.4. The average Bonchev–Trinajstić information content (AvgIpc) is 2.88. The second kappa shape index (κ2) is 6.85. The summed E-state index contributed by atoms with van der Waals surface area (Å²) in [7, 11) is 0. The molecular weight excluding hydrogens is 336 g/mol. The van der Waals surface area contributed by atoms with Crippen LogP contribution in [0.15, 0.2) is 28.9 Å². The summed E-state index contributed by atoms with van der Waals surface area (Å²) in [5.41, 5.74) is 0.786. The van der Waals surface area contributed by atoms with Gasteiger partial charge in [0.2, 0.25) is 0 Å². The Kier molecular flexibility index (Phi) is 4.90. The van der Waals surface area contributed by atoms with Gasteiger partial charge in [0.05, 0.1) is 24.7 Å². The van der Waals surface area contributed by atoms with Crippen molar-refractivity contribution >= 4 is 33.6 Å². The van der Waals surface area contributed by atoms with Crippen molar-refractivity contribution in [3.8, 4) is 6.07 Å². The highest BCUT2D eigenvalue weighted by atomic mass is 79.9. The summed E-state index contributed by atoms with van der Waals surface area (Å²) in [4.78, 5) is 16.0. The number of nitriles is 1. The highest BCUT2D eigenvalue weighted by Gasteiger charge is 2.07. The van der Waals surface area contributed by atoms with E-state index in [0.717, 1.165) is 10.2 Å². The van der Waals surface area contributed by atoms with Gasteiger partial charge in [-0.15, -0.1) is 0 Å². The van der Waals surface area contributed by atoms with E-state index in [9.17, 15) is 4.79 Å². The molecule has 0 aromatic carbocycles. The predicted octanol–water partition coefficient (Wildman–Crippen LogP) is 2.91. The molecule has 2 heterocycles. The summed E-state index contributed by atoms with van der Waals surface area (Å²) in [6.07, 6.45) is 2.07. The van der Waals surface area contributed by atoms with Gasteiger partial charge >= 0.3 is 6.03 Å². The zero-order valence-electron chi connectivity index (χ0n) is 11.3. The molecule has 21 heavy (non-hydrogen) atoms. The molecular formula is C13H13BrN6O. The Hall–Kier alpha value is -2.40. The van der Waals surface area contributed by atoms with Crippen molar-refractivity contribution in [1.82, 2.24) is 14.8 Å². The largest absolute Gasteiger partial charge is 0.326 e. The fraction of sp³-hybridized carbons (Fsp3) is 0.231. The maximum absolute atomic E-state index is 11.8. The van der Waals surface area contributed by atoms with Crippen LogP contribution < -0.4 is 10.6 Å². The summed E-state index contributed by atoms with van der Waals surface area (Å²) in [5.74, 6) is 0.872. The monoisotopic (exact) mass is 348 g/mol. The molecule has 0 unspecified atom stereocenters. The van der Waals surface area contributed by atoms with E-state index in [1.54, 1.807) is 23.0 Å². The molecule has 0 aliphatic rings. The van der Waals surface area contributed by atoms with E-state index in [-0.39, 0.29) is 0 Å². The minimum Gasteiger partial charge on any atom is -0.292 e.